The first kappa shape index (κ1) is 19.8. The summed E-state index contributed by atoms with van der Waals surface area (Å²) in [4.78, 5) is 22.6. The highest BCUT2D eigenvalue weighted by atomic mass is 16.6. The van der Waals surface area contributed by atoms with Crippen molar-refractivity contribution < 1.29 is 14.5 Å². The zero-order valence-corrected chi connectivity index (χ0v) is 15.7. The molecule has 7 heteroatoms. The molecular weight excluding hydrogens is 370 g/mol. The van der Waals surface area contributed by atoms with E-state index in [4.69, 9.17) is 4.74 Å². The predicted octanol–water partition coefficient (Wildman–Crippen LogP) is 4.25. The molecule has 0 fully saturated rings. The van der Waals surface area contributed by atoms with Gasteiger partial charge in [0, 0.05) is 17.2 Å². The van der Waals surface area contributed by atoms with E-state index in [-0.39, 0.29) is 11.3 Å². The number of hydrogen-bond acceptors (Lipinski definition) is 5. The molecule has 3 rings (SSSR count). The fourth-order valence-corrected chi connectivity index (χ4v) is 2.57. The third kappa shape index (κ3) is 5.49. The van der Waals surface area contributed by atoms with Crippen LogP contribution in [0.25, 0.3) is 0 Å². The van der Waals surface area contributed by atoms with Gasteiger partial charge in [-0.05, 0) is 48.4 Å². The molecule has 0 unspecified atom stereocenters. The third-order valence-corrected chi connectivity index (χ3v) is 4.18. The van der Waals surface area contributed by atoms with Gasteiger partial charge in [-0.2, -0.15) is 5.10 Å². The minimum Gasteiger partial charge on any atom is -0.489 e. The monoisotopic (exact) mass is 389 g/mol. The maximum Gasteiger partial charge on any atom is 0.273 e. The molecule has 0 aliphatic heterocycles. The summed E-state index contributed by atoms with van der Waals surface area (Å²) in [6.45, 7) is 2.10. The van der Waals surface area contributed by atoms with Crippen LogP contribution in [0.4, 0.5) is 5.69 Å². The lowest BCUT2D eigenvalue weighted by Gasteiger charge is -2.06. The van der Waals surface area contributed by atoms with Crippen LogP contribution in [0.1, 0.15) is 27.0 Å². The van der Waals surface area contributed by atoms with Gasteiger partial charge in [0.05, 0.1) is 11.1 Å². The lowest BCUT2D eigenvalue weighted by molar-refractivity contribution is -0.385. The molecule has 29 heavy (non-hydrogen) atoms. The van der Waals surface area contributed by atoms with E-state index in [0.29, 0.717) is 12.2 Å². The zero-order valence-electron chi connectivity index (χ0n) is 15.7. The minimum atomic E-state index is -0.521. The van der Waals surface area contributed by atoms with Crippen LogP contribution < -0.4 is 10.2 Å². The van der Waals surface area contributed by atoms with Crippen molar-refractivity contribution in [2.24, 2.45) is 5.10 Å². The minimum absolute atomic E-state index is 0.104. The van der Waals surface area contributed by atoms with Crippen molar-refractivity contribution in [3.63, 3.8) is 0 Å². The van der Waals surface area contributed by atoms with Gasteiger partial charge in [0.15, 0.2) is 0 Å². The normalized spacial score (nSPS) is 10.7. The first-order valence-electron chi connectivity index (χ1n) is 8.88. The van der Waals surface area contributed by atoms with Gasteiger partial charge in [-0.3, -0.25) is 14.9 Å². The first-order valence-corrected chi connectivity index (χ1v) is 8.88. The van der Waals surface area contributed by atoms with E-state index in [1.54, 1.807) is 6.92 Å². The maximum absolute atomic E-state index is 12.1. The fourth-order valence-electron chi connectivity index (χ4n) is 2.57. The van der Waals surface area contributed by atoms with Gasteiger partial charge >= 0.3 is 0 Å². The molecule has 0 saturated carbocycles. The highest BCUT2D eigenvalue weighted by Gasteiger charge is 2.14. The van der Waals surface area contributed by atoms with Crippen LogP contribution >= 0.6 is 0 Å². The molecule has 0 saturated heterocycles. The van der Waals surface area contributed by atoms with Gasteiger partial charge in [0.25, 0.3) is 11.6 Å². The SMILES string of the molecule is Cc1ccc(C(=O)N/N=C\c2ccc(OCc3ccccc3)cc2)cc1[N+](=O)[O-]. The van der Waals surface area contributed by atoms with Crippen LogP contribution in [-0.2, 0) is 6.61 Å². The third-order valence-electron chi connectivity index (χ3n) is 4.18. The van der Waals surface area contributed by atoms with Crippen molar-refractivity contribution in [3.05, 3.63) is 105 Å². The molecule has 0 radical (unpaired) electrons. The number of carbonyl (C=O) groups is 1. The van der Waals surface area contributed by atoms with E-state index in [2.05, 4.69) is 10.5 Å². The van der Waals surface area contributed by atoms with Gasteiger partial charge in [-0.25, -0.2) is 5.43 Å². The van der Waals surface area contributed by atoms with Crippen molar-refractivity contribution in [1.29, 1.82) is 0 Å². The largest absolute Gasteiger partial charge is 0.489 e. The fraction of sp³-hybridized carbons (Fsp3) is 0.0909. The Morgan fingerprint density at radius 2 is 1.83 bits per heavy atom. The summed E-state index contributed by atoms with van der Waals surface area (Å²) in [5, 5.41) is 14.9. The second kappa shape index (κ2) is 9.27. The van der Waals surface area contributed by atoms with E-state index >= 15 is 0 Å². The first-order chi connectivity index (χ1) is 14.0. The van der Waals surface area contributed by atoms with E-state index in [1.165, 1.54) is 24.4 Å². The molecule has 146 valence electrons. The number of nitrogens with zero attached hydrogens (tertiary/aromatic N) is 2. The number of aryl methyl sites for hydroxylation is 1. The maximum atomic E-state index is 12.1. The Bertz CT molecular complexity index is 1030. The van der Waals surface area contributed by atoms with Gasteiger partial charge in [-0.15, -0.1) is 0 Å². The standard InChI is InChI=1S/C22H19N3O4/c1-16-7-10-19(13-21(16)25(27)28)22(26)24-23-14-17-8-11-20(12-9-17)29-15-18-5-3-2-4-6-18/h2-14H,15H2,1H3,(H,24,26)/b23-14-. The number of amides is 1. The number of rotatable bonds is 7. The number of ether oxygens (including phenoxy) is 1. The molecule has 0 bridgehead atoms. The number of nitrogens with one attached hydrogen (secondary N) is 1. The average molecular weight is 389 g/mol. The van der Waals surface area contributed by atoms with Crippen molar-refractivity contribution in [3.8, 4) is 5.75 Å². The van der Waals surface area contributed by atoms with Crippen molar-refractivity contribution in [1.82, 2.24) is 5.43 Å². The van der Waals surface area contributed by atoms with Crippen LogP contribution in [-0.4, -0.2) is 17.0 Å². The Morgan fingerprint density at radius 1 is 1.10 bits per heavy atom. The summed E-state index contributed by atoms with van der Waals surface area (Å²) < 4.78 is 5.72. The van der Waals surface area contributed by atoms with Crippen LogP contribution in [0.5, 0.6) is 5.75 Å². The Balaban J connectivity index is 1.55. The number of nitro groups is 1. The molecule has 0 aliphatic rings. The summed E-state index contributed by atoms with van der Waals surface area (Å²) in [6.07, 6.45) is 1.49. The molecule has 3 aromatic carbocycles. The van der Waals surface area contributed by atoms with Crippen molar-refractivity contribution in [2.75, 3.05) is 0 Å². The molecule has 1 N–H and O–H groups in total. The highest BCUT2D eigenvalue weighted by molar-refractivity contribution is 5.95. The van der Waals surface area contributed by atoms with Gasteiger partial charge in [-0.1, -0.05) is 36.4 Å². The van der Waals surface area contributed by atoms with E-state index in [9.17, 15) is 14.9 Å². The van der Waals surface area contributed by atoms with Gasteiger partial charge in [0.2, 0.25) is 0 Å². The summed E-state index contributed by atoms with van der Waals surface area (Å²) in [6, 6.07) is 21.4. The van der Waals surface area contributed by atoms with Crippen LogP contribution in [0.2, 0.25) is 0 Å². The van der Waals surface area contributed by atoms with Crippen LogP contribution in [0, 0.1) is 17.0 Å². The molecule has 0 aliphatic carbocycles. The number of hydrazone groups is 1. The Hall–Kier alpha value is -4.00. The molecule has 0 aromatic heterocycles. The number of benzene rings is 3. The van der Waals surface area contributed by atoms with E-state index in [1.807, 2.05) is 54.6 Å². The van der Waals surface area contributed by atoms with E-state index < -0.39 is 10.8 Å². The summed E-state index contributed by atoms with van der Waals surface area (Å²) >= 11 is 0. The quantitative estimate of drug-likeness (QED) is 0.371. The van der Waals surface area contributed by atoms with Crippen LogP contribution in [0.3, 0.4) is 0 Å². The molecule has 7 nitrogen and oxygen atoms in total. The van der Waals surface area contributed by atoms with E-state index in [0.717, 1.165) is 16.9 Å². The summed E-state index contributed by atoms with van der Waals surface area (Å²) in [7, 11) is 0. The number of carbonyl (C=O) groups excluding carboxylic acids is 1. The lowest BCUT2D eigenvalue weighted by Crippen LogP contribution is -2.17. The smallest absolute Gasteiger partial charge is 0.273 e. The second-order valence-electron chi connectivity index (χ2n) is 6.30. The van der Waals surface area contributed by atoms with Gasteiger partial charge < -0.3 is 4.74 Å². The molecule has 3 aromatic rings. The average Bonchev–Trinajstić information content (AvgIpc) is 2.74. The Kier molecular flexibility index (Phi) is 6.32. The van der Waals surface area contributed by atoms with Gasteiger partial charge in [0.1, 0.15) is 12.4 Å². The van der Waals surface area contributed by atoms with Crippen molar-refractivity contribution >= 4 is 17.8 Å². The van der Waals surface area contributed by atoms with Crippen LogP contribution in [0.15, 0.2) is 77.9 Å². The topological polar surface area (TPSA) is 93.8 Å². The predicted molar refractivity (Wildman–Crippen MR) is 110 cm³/mol. The molecule has 0 spiro atoms. The summed E-state index contributed by atoms with van der Waals surface area (Å²) in [5.41, 5.74) is 4.78. The number of nitro benzene ring substituents is 1. The lowest BCUT2D eigenvalue weighted by atomic mass is 10.1. The molecule has 0 heterocycles. The second-order valence-corrected chi connectivity index (χ2v) is 6.30. The highest BCUT2D eigenvalue weighted by Crippen LogP contribution is 2.19. The summed E-state index contributed by atoms with van der Waals surface area (Å²) in [5.74, 6) is 0.203. The van der Waals surface area contributed by atoms with Crippen molar-refractivity contribution in [2.45, 2.75) is 13.5 Å². The molecule has 1 amide bonds. The molecular formula is C22H19N3O4. The molecule has 0 atom stereocenters. The zero-order chi connectivity index (χ0) is 20.6. The number of hydrogen-bond donors (Lipinski definition) is 1. The Labute approximate surface area is 167 Å². The Morgan fingerprint density at radius 3 is 2.52 bits per heavy atom.